The van der Waals surface area contributed by atoms with E-state index in [2.05, 4.69) is 15.2 Å². The monoisotopic (exact) mass is 423 g/mol. The number of imidazole rings is 1. The van der Waals surface area contributed by atoms with E-state index in [1.807, 2.05) is 0 Å². The first-order chi connectivity index (χ1) is 14.2. The van der Waals surface area contributed by atoms with Gasteiger partial charge < -0.3 is 4.57 Å². The smallest absolute Gasteiger partial charge is 0.327 e. The largest absolute Gasteiger partial charge is 0.452 e. The highest BCUT2D eigenvalue weighted by Crippen LogP contribution is 2.37. The molecule has 30 heavy (non-hydrogen) atoms. The van der Waals surface area contributed by atoms with Gasteiger partial charge in [-0.1, -0.05) is 0 Å². The Labute approximate surface area is 164 Å². The van der Waals surface area contributed by atoms with E-state index < -0.39 is 29.5 Å². The molecule has 154 valence electrons. The van der Waals surface area contributed by atoms with Crippen LogP contribution in [0.5, 0.6) is 0 Å². The summed E-state index contributed by atoms with van der Waals surface area (Å²) < 4.78 is 83.4. The number of hydrogen-bond donors (Lipinski definition) is 0. The van der Waals surface area contributed by atoms with Crippen molar-refractivity contribution < 1.29 is 26.3 Å². The van der Waals surface area contributed by atoms with Crippen LogP contribution < -0.4 is 0 Å². The molecular weight excluding hydrogens is 412 g/mol. The number of alkyl halides is 3. The standard InChI is InChI=1S/C19H11F6N5/c20-11-6-10(7-12(21)15(11)22)16-17(29-5-1-2-13(29)26-16)9-3-4-14-27-28-18(19(23,24)25)30(14)8-9/h3-4,6-8H,1-2,5H2. The summed E-state index contributed by atoms with van der Waals surface area (Å²) in [6.45, 7) is 0.538. The fourth-order valence-corrected chi connectivity index (χ4v) is 3.74. The van der Waals surface area contributed by atoms with Gasteiger partial charge in [0, 0.05) is 30.3 Å². The quantitative estimate of drug-likeness (QED) is 0.349. The maximum absolute atomic E-state index is 13.8. The second-order valence-electron chi connectivity index (χ2n) is 6.90. The highest BCUT2D eigenvalue weighted by Gasteiger charge is 2.37. The summed E-state index contributed by atoms with van der Waals surface area (Å²) in [7, 11) is 0. The Hall–Kier alpha value is -3.37. The summed E-state index contributed by atoms with van der Waals surface area (Å²) in [5.41, 5.74) is 0.851. The summed E-state index contributed by atoms with van der Waals surface area (Å²) in [5.74, 6) is -4.92. The number of halogens is 6. The Morgan fingerprint density at radius 2 is 1.67 bits per heavy atom. The molecule has 3 aromatic heterocycles. The fraction of sp³-hybridized carbons (Fsp3) is 0.211. The number of rotatable bonds is 2. The molecule has 1 aromatic carbocycles. The number of benzene rings is 1. The zero-order chi connectivity index (χ0) is 21.2. The number of pyridine rings is 1. The first-order valence-electron chi connectivity index (χ1n) is 8.90. The minimum atomic E-state index is -4.72. The lowest BCUT2D eigenvalue weighted by Crippen LogP contribution is -2.11. The van der Waals surface area contributed by atoms with Gasteiger partial charge >= 0.3 is 6.18 Å². The molecule has 5 nitrogen and oxygen atoms in total. The van der Waals surface area contributed by atoms with Crippen LogP contribution >= 0.6 is 0 Å². The maximum atomic E-state index is 13.8. The van der Waals surface area contributed by atoms with Crippen LogP contribution in [-0.4, -0.2) is 24.1 Å². The van der Waals surface area contributed by atoms with Crippen LogP contribution in [0.25, 0.3) is 28.2 Å². The van der Waals surface area contributed by atoms with Crippen molar-refractivity contribution in [3.63, 3.8) is 0 Å². The van der Waals surface area contributed by atoms with Crippen molar-refractivity contribution in [2.75, 3.05) is 0 Å². The van der Waals surface area contributed by atoms with Crippen LogP contribution in [0.3, 0.4) is 0 Å². The van der Waals surface area contributed by atoms with E-state index in [0.29, 0.717) is 30.0 Å². The van der Waals surface area contributed by atoms with Crippen LogP contribution in [-0.2, 0) is 19.1 Å². The van der Waals surface area contributed by atoms with Crippen LogP contribution in [0, 0.1) is 17.5 Å². The van der Waals surface area contributed by atoms with E-state index in [1.54, 1.807) is 4.57 Å². The van der Waals surface area contributed by atoms with Crippen molar-refractivity contribution in [3.8, 4) is 22.5 Å². The van der Waals surface area contributed by atoms with Crippen molar-refractivity contribution >= 4 is 5.65 Å². The third kappa shape index (κ3) is 2.76. The summed E-state index contributed by atoms with van der Waals surface area (Å²) >= 11 is 0. The normalized spacial score (nSPS) is 13.9. The third-order valence-corrected chi connectivity index (χ3v) is 5.02. The van der Waals surface area contributed by atoms with E-state index >= 15 is 0 Å². The van der Waals surface area contributed by atoms with Crippen molar-refractivity contribution in [1.82, 2.24) is 24.1 Å². The zero-order valence-corrected chi connectivity index (χ0v) is 15.0. The molecule has 5 rings (SSSR count). The lowest BCUT2D eigenvalue weighted by molar-refractivity contribution is -0.145. The summed E-state index contributed by atoms with van der Waals surface area (Å²) in [5, 5.41) is 6.72. The number of hydrogen-bond acceptors (Lipinski definition) is 3. The van der Waals surface area contributed by atoms with Gasteiger partial charge in [0.15, 0.2) is 23.1 Å². The fourth-order valence-electron chi connectivity index (χ4n) is 3.74. The van der Waals surface area contributed by atoms with Crippen LogP contribution in [0.1, 0.15) is 18.1 Å². The van der Waals surface area contributed by atoms with Gasteiger partial charge in [0.05, 0.1) is 11.4 Å². The van der Waals surface area contributed by atoms with E-state index in [9.17, 15) is 26.3 Å². The van der Waals surface area contributed by atoms with E-state index in [4.69, 9.17) is 0 Å². The number of aromatic nitrogens is 5. The molecule has 0 amide bonds. The molecule has 0 fully saturated rings. The lowest BCUT2D eigenvalue weighted by Gasteiger charge is -2.11. The first kappa shape index (κ1) is 18.6. The van der Waals surface area contributed by atoms with Crippen molar-refractivity contribution in [1.29, 1.82) is 0 Å². The molecule has 0 aliphatic carbocycles. The summed E-state index contributed by atoms with van der Waals surface area (Å²) in [6, 6.07) is 4.53. The average Bonchev–Trinajstić information content (AvgIpc) is 3.38. The van der Waals surface area contributed by atoms with Crippen molar-refractivity contribution in [3.05, 3.63) is 59.6 Å². The minimum Gasteiger partial charge on any atom is -0.327 e. The SMILES string of the molecule is Fc1cc(-c2nc3n(c2-c2ccc4nnc(C(F)(F)F)n4c2)CCC3)cc(F)c1F. The van der Waals surface area contributed by atoms with Crippen molar-refractivity contribution in [2.24, 2.45) is 0 Å². The van der Waals surface area contributed by atoms with Gasteiger partial charge in [-0.2, -0.15) is 13.2 Å². The minimum absolute atomic E-state index is 0.00680. The molecule has 0 radical (unpaired) electrons. The molecule has 4 aromatic rings. The van der Waals surface area contributed by atoms with Gasteiger partial charge in [-0.15, -0.1) is 10.2 Å². The molecule has 0 saturated carbocycles. The highest BCUT2D eigenvalue weighted by molar-refractivity contribution is 5.79. The predicted molar refractivity (Wildman–Crippen MR) is 92.8 cm³/mol. The van der Waals surface area contributed by atoms with Crippen LogP contribution in [0.4, 0.5) is 26.3 Å². The van der Waals surface area contributed by atoms with Crippen LogP contribution in [0.15, 0.2) is 30.5 Å². The predicted octanol–water partition coefficient (Wildman–Crippen LogP) is 4.64. The van der Waals surface area contributed by atoms with Gasteiger partial charge in [-0.05, 0) is 30.7 Å². The van der Waals surface area contributed by atoms with Crippen molar-refractivity contribution in [2.45, 2.75) is 25.6 Å². The Morgan fingerprint density at radius 1 is 0.933 bits per heavy atom. The zero-order valence-electron chi connectivity index (χ0n) is 15.0. The molecule has 0 spiro atoms. The molecule has 0 unspecified atom stereocenters. The molecule has 4 heterocycles. The van der Waals surface area contributed by atoms with E-state index in [0.717, 1.165) is 23.0 Å². The highest BCUT2D eigenvalue weighted by atomic mass is 19.4. The van der Waals surface area contributed by atoms with Gasteiger partial charge in [0.25, 0.3) is 0 Å². The molecule has 0 bridgehead atoms. The Bertz CT molecular complexity index is 1280. The second kappa shape index (κ2) is 6.31. The molecule has 1 aliphatic rings. The average molecular weight is 423 g/mol. The Balaban J connectivity index is 1.76. The van der Waals surface area contributed by atoms with E-state index in [1.165, 1.54) is 18.3 Å². The molecule has 0 saturated heterocycles. The Kier molecular flexibility index (Phi) is 3.92. The summed E-state index contributed by atoms with van der Waals surface area (Å²) in [4.78, 5) is 4.43. The lowest BCUT2D eigenvalue weighted by atomic mass is 10.1. The Morgan fingerprint density at radius 3 is 2.37 bits per heavy atom. The van der Waals surface area contributed by atoms with Gasteiger partial charge in [-0.3, -0.25) is 4.40 Å². The summed E-state index contributed by atoms with van der Waals surface area (Å²) in [6.07, 6.45) is -2.14. The topological polar surface area (TPSA) is 48.0 Å². The molecule has 0 N–H and O–H groups in total. The number of aryl methyl sites for hydroxylation is 1. The van der Waals surface area contributed by atoms with Crippen LogP contribution in [0.2, 0.25) is 0 Å². The van der Waals surface area contributed by atoms with Gasteiger partial charge in [-0.25, -0.2) is 18.2 Å². The first-order valence-corrected chi connectivity index (χ1v) is 8.90. The molecular formula is C19H11F6N5. The molecule has 11 heteroatoms. The van der Waals surface area contributed by atoms with Gasteiger partial charge in [0.1, 0.15) is 5.82 Å². The molecule has 1 aliphatic heterocycles. The second-order valence-corrected chi connectivity index (χ2v) is 6.90. The van der Waals surface area contributed by atoms with Gasteiger partial charge in [0.2, 0.25) is 5.82 Å². The number of fused-ring (bicyclic) bond motifs is 2. The van der Waals surface area contributed by atoms with E-state index in [-0.39, 0.29) is 16.9 Å². The third-order valence-electron chi connectivity index (χ3n) is 5.02. The number of nitrogens with zero attached hydrogens (tertiary/aromatic N) is 5. The maximum Gasteiger partial charge on any atom is 0.452 e. The molecule has 0 atom stereocenters.